The van der Waals surface area contributed by atoms with Gasteiger partial charge in [-0.1, -0.05) is 13.3 Å². The van der Waals surface area contributed by atoms with Crippen molar-refractivity contribution in [3.8, 4) is 0 Å². The number of ether oxygens (including phenoxy) is 2. The van der Waals surface area contributed by atoms with Crippen molar-refractivity contribution in [2.24, 2.45) is 0 Å². The summed E-state index contributed by atoms with van der Waals surface area (Å²) < 4.78 is 10.5. The average molecular weight is 304 g/mol. The molecule has 0 heterocycles. The Balaban J connectivity index is 4.47. The molecule has 0 aliphatic rings. The summed E-state index contributed by atoms with van der Waals surface area (Å²) in [6.45, 7) is 8.45. The first-order valence-electron chi connectivity index (χ1n) is 7.50. The summed E-state index contributed by atoms with van der Waals surface area (Å²) in [7, 11) is 0. The van der Waals surface area contributed by atoms with Gasteiger partial charge < -0.3 is 24.8 Å². The van der Waals surface area contributed by atoms with E-state index in [1.807, 2.05) is 20.8 Å². The largest absolute Gasteiger partial charge is 0.480 e. The molecule has 1 atom stereocenters. The molecule has 0 saturated carbocycles. The van der Waals surface area contributed by atoms with E-state index in [0.717, 1.165) is 0 Å². The van der Waals surface area contributed by atoms with Gasteiger partial charge in [0.05, 0.1) is 13.2 Å². The lowest BCUT2D eigenvalue weighted by Crippen LogP contribution is -2.49. The molecule has 2 N–H and O–H groups in total. The van der Waals surface area contributed by atoms with Crippen molar-refractivity contribution in [2.45, 2.75) is 39.7 Å². The third-order valence-electron chi connectivity index (χ3n) is 2.88. The van der Waals surface area contributed by atoms with E-state index >= 15 is 0 Å². The molecule has 0 unspecified atom stereocenters. The first-order valence-corrected chi connectivity index (χ1v) is 7.50. The van der Waals surface area contributed by atoms with Crippen molar-refractivity contribution < 1.29 is 24.2 Å². The number of aliphatic carboxylic acids is 1. The predicted octanol–water partition coefficient (Wildman–Crippen LogP) is 1.32. The van der Waals surface area contributed by atoms with E-state index in [2.05, 4.69) is 5.32 Å². The summed E-state index contributed by atoms with van der Waals surface area (Å²) in [5, 5.41) is 11.6. The van der Waals surface area contributed by atoms with Crippen LogP contribution in [0.3, 0.4) is 0 Å². The second-order valence-electron chi connectivity index (χ2n) is 4.51. The SMILES string of the molecule is CCC[C@H](NC(=O)N(CCOCC)CCOCC)C(=O)O. The summed E-state index contributed by atoms with van der Waals surface area (Å²) in [5.41, 5.74) is 0. The Bertz CT molecular complexity index is 289. The topological polar surface area (TPSA) is 88.1 Å². The maximum absolute atomic E-state index is 12.2. The number of carbonyl (C=O) groups excluding carboxylic acids is 1. The third kappa shape index (κ3) is 9.25. The van der Waals surface area contributed by atoms with Gasteiger partial charge in [0.1, 0.15) is 6.04 Å². The van der Waals surface area contributed by atoms with Gasteiger partial charge >= 0.3 is 12.0 Å². The standard InChI is InChI=1S/C14H28N2O5/c1-4-7-12(13(17)18)15-14(19)16(8-10-20-5-2)9-11-21-6-3/h12H,4-11H2,1-3H3,(H,15,19)(H,17,18)/t12-/m0/s1. The van der Waals surface area contributed by atoms with E-state index in [0.29, 0.717) is 52.4 Å². The lowest BCUT2D eigenvalue weighted by atomic mass is 10.2. The van der Waals surface area contributed by atoms with Crippen LogP contribution in [0.4, 0.5) is 4.79 Å². The minimum absolute atomic E-state index is 0.393. The summed E-state index contributed by atoms with van der Waals surface area (Å²) in [5.74, 6) is -1.01. The molecule has 0 fully saturated rings. The van der Waals surface area contributed by atoms with Crippen LogP contribution in [0.5, 0.6) is 0 Å². The number of carboxylic acid groups (broad SMARTS) is 1. The Morgan fingerprint density at radius 2 is 1.62 bits per heavy atom. The fraction of sp³-hybridized carbons (Fsp3) is 0.857. The van der Waals surface area contributed by atoms with Crippen molar-refractivity contribution in [3.05, 3.63) is 0 Å². The maximum atomic E-state index is 12.2. The Kier molecular flexibility index (Phi) is 11.6. The highest BCUT2D eigenvalue weighted by Gasteiger charge is 2.22. The van der Waals surface area contributed by atoms with E-state index in [-0.39, 0.29) is 0 Å². The number of amides is 2. The molecule has 124 valence electrons. The number of rotatable bonds is 12. The van der Waals surface area contributed by atoms with Gasteiger partial charge in [-0.2, -0.15) is 0 Å². The van der Waals surface area contributed by atoms with Crippen LogP contribution in [0, 0.1) is 0 Å². The molecular weight excluding hydrogens is 276 g/mol. The molecule has 21 heavy (non-hydrogen) atoms. The molecule has 0 rings (SSSR count). The van der Waals surface area contributed by atoms with Crippen LogP contribution in [-0.4, -0.2) is 67.6 Å². The molecule has 0 aromatic heterocycles. The molecule has 7 heteroatoms. The molecular formula is C14H28N2O5. The highest BCUT2D eigenvalue weighted by molar-refractivity contribution is 5.82. The van der Waals surface area contributed by atoms with E-state index in [1.54, 1.807) is 0 Å². The second kappa shape index (κ2) is 12.4. The highest BCUT2D eigenvalue weighted by atomic mass is 16.5. The molecule has 7 nitrogen and oxygen atoms in total. The summed E-state index contributed by atoms with van der Waals surface area (Å²) in [4.78, 5) is 24.8. The van der Waals surface area contributed by atoms with Gasteiger partial charge in [0.25, 0.3) is 0 Å². The van der Waals surface area contributed by atoms with Crippen molar-refractivity contribution in [1.82, 2.24) is 10.2 Å². The molecule has 0 aromatic carbocycles. The number of hydrogen-bond acceptors (Lipinski definition) is 4. The molecule has 0 aromatic rings. The molecule has 0 bridgehead atoms. The van der Waals surface area contributed by atoms with Crippen molar-refractivity contribution in [1.29, 1.82) is 0 Å². The lowest BCUT2D eigenvalue weighted by molar-refractivity contribution is -0.139. The Morgan fingerprint density at radius 3 is 2.00 bits per heavy atom. The van der Waals surface area contributed by atoms with E-state index in [4.69, 9.17) is 14.6 Å². The third-order valence-corrected chi connectivity index (χ3v) is 2.88. The summed E-state index contributed by atoms with van der Waals surface area (Å²) in [6.07, 6.45) is 1.10. The number of urea groups is 1. The minimum atomic E-state index is -1.01. The van der Waals surface area contributed by atoms with Gasteiger partial charge in [-0.05, 0) is 20.3 Å². The predicted molar refractivity (Wildman–Crippen MR) is 79.4 cm³/mol. The zero-order valence-electron chi connectivity index (χ0n) is 13.3. The van der Waals surface area contributed by atoms with Gasteiger partial charge in [0.2, 0.25) is 0 Å². The summed E-state index contributed by atoms with van der Waals surface area (Å²) >= 11 is 0. The lowest BCUT2D eigenvalue weighted by Gasteiger charge is -2.25. The maximum Gasteiger partial charge on any atom is 0.326 e. The second-order valence-corrected chi connectivity index (χ2v) is 4.51. The molecule has 0 spiro atoms. The Labute approximate surface area is 126 Å². The van der Waals surface area contributed by atoms with Crippen LogP contribution in [0.2, 0.25) is 0 Å². The molecule has 2 amide bonds. The van der Waals surface area contributed by atoms with Crippen LogP contribution in [0.1, 0.15) is 33.6 Å². The minimum Gasteiger partial charge on any atom is -0.480 e. The first-order chi connectivity index (χ1) is 10.1. The van der Waals surface area contributed by atoms with Crippen molar-refractivity contribution in [3.63, 3.8) is 0 Å². The fourth-order valence-electron chi connectivity index (χ4n) is 1.74. The van der Waals surface area contributed by atoms with Crippen molar-refractivity contribution in [2.75, 3.05) is 39.5 Å². The van der Waals surface area contributed by atoms with Crippen LogP contribution in [-0.2, 0) is 14.3 Å². The first kappa shape index (κ1) is 19.7. The molecule has 0 saturated heterocycles. The number of carboxylic acids is 1. The van der Waals surface area contributed by atoms with E-state index in [1.165, 1.54) is 4.90 Å². The van der Waals surface area contributed by atoms with Gasteiger partial charge in [0.15, 0.2) is 0 Å². The van der Waals surface area contributed by atoms with Crippen LogP contribution in [0.15, 0.2) is 0 Å². The number of nitrogens with one attached hydrogen (secondary N) is 1. The molecule has 0 aliphatic heterocycles. The van der Waals surface area contributed by atoms with E-state index < -0.39 is 18.0 Å². The van der Waals surface area contributed by atoms with Gasteiger partial charge in [0, 0.05) is 26.3 Å². The summed E-state index contributed by atoms with van der Waals surface area (Å²) in [6, 6.07) is -1.25. The van der Waals surface area contributed by atoms with Crippen molar-refractivity contribution >= 4 is 12.0 Å². The molecule has 0 aliphatic carbocycles. The number of hydrogen-bond donors (Lipinski definition) is 2. The normalized spacial score (nSPS) is 12.0. The monoisotopic (exact) mass is 304 g/mol. The number of carbonyl (C=O) groups is 2. The van der Waals surface area contributed by atoms with Crippen LogP contribution in [0.25, 0.3) is 0 Å². The number of nitrogens with zero attached hydrogens (tertiary/aromatic N) is 1. The quantitative estimate of drug-likeness (QED) is 0.531. The van der Waals surface area contributed by atoms with Crippen LogP contribution >= 0.6 is 0 Å². The zero-order chi connectivity index (χ0) is 16.1. The fourth-order valence-corrected chi connectivity index (χ4v) is 1.74. The van der Waals surface area contributed by atoms with E-state index in [9.17, 15) is 9.59 Å². The Morgan fingerprint density at radius 1 is 1.10 bits per heavy atom. The smallest absolute Gasteiger partial charge is 0.326 e. The zero-order valence-corrected chi connectivity index (χ0v) is 13.3. The van der Waals surface area contributed by atoms with Gasteiger partial charge in [-0.3, -0.25) is 0 Å². The Hall–Kier alpha value is -1.34. The van der Waals surface area contributed by atoms with Crippen LogP contribution < -0.4 is 5.32 Å². The highest BCUT2D eigenvalue weighted by Crippen LogP contribution is 2.00. The molecule has 0 radical (unpaired) electrons. The average Bonchev–Trinajstić information content (AvgIpc) is 2.45. The van der Waals surface area contributed by atoms with Gasteiger partial charge in [-0.25, -0.2) is 9.59 Å². The van der Waals surface area contributed by atoms with Gasteiger partial charge in [-0.15, -0.1) is 0 Å².